The summed E-state index contributed by atoms with van der Waals surface area (Å²) in [5, 5.41) is 2.93. The minimum absolute atomic E-state index is 0.289. The molecular weight excluding hydrogens is 454 g/mol. The Morgan fingerprint density at radius 1 is 0.935 bits per heavy atom. The molecule has 0 aliphatic carbocycles. The number of nitrogens with zero attached hydrogens (tertiary/aromatic N) is 3. The number of carbonyl (C=O) groups is 1. The number of benzene rings is 3. The van der Waals surface area contributed by atoms with E-state index in [9.17, 15) is 4.79 Å². The van der Waals surface area contributed by atoms with Gasteiger partial charge >= 0.3 is 0 Å². The Kier molecular flexibility index (Phi) is 4.67. The van der Waals surface area contributed by atoms with Crippen LogP contribution in [0, 0.1) is 6.92 Å². The zero-order chi connectivity index (χ0) is 21.5. The van der Waals surface area contributed by atoms with Gasteiger partial charge in [-0.25, -0.2) is 9.97 Å². The smallest absolute Gasteiger partial charge is 0.261 e. The van der Waals surface area contributed by atoms with E-state index in [4.69, 9.17) is 15.7 Å². The topological polar surface area (TPSA) is 85.8 Å². The number of rotatable bonds is 3. The van der Waals surface area contributed by atoms with Crippen LogP contribution in [0.5, 0.6) is 0 Å². The number of halogens is 1. The monoisotopic (exact) mass is 471 g/mol. The van der Waals surface area contributed by atoms with Crippen molar-refractivity contribution >= 4 is 55.5 Å². The van der Waals surface area contributed by atoms with Crippen LogP contribution in [0.15, 0.2) is 77.3 Å². The molecule has 3 aromatic carbocycles. The minimum atomic E-state index is -0.327. The van der Waals surface area contributed by atoms with Crippen LogP contribution in [0.4, 0.5) is 11.5 Å². The molecule has 7 heteroatoms. The molecule has 0 radical (unpaired) electrons. The maximum Gasteiger partial charge on any atom is 0.261 e. The van der Waals surface area contributed by atoms with E-state index in [1.54, 1.807) is 4.57 Å². The molecule has 0 unspecified atom stereocenters. The predicted octanol–water partition coefficient (Wildman–Crippen LogP) is 5.48. The SMILES string of the molecule is Cc1ccc(NC(=O)c2c(N)n(-c3ccc(Br)cc3)c3nc4ccccc4nc23)cc1. The lowest BCUT2D eigenvalue weighted by Gasteiger charge is -2.08. The number of hydrogen-bond donors (Lipinski definition) is 2. The number of aryl methyl sites for hydroxylation is 1. The summed E-state index contributed by atoms with van der Waals surface area (Å²) < 4.78 is 2.71. The molecule has 0 saturated carbocycles. The van der Waals surface area contributed by atoms with Gasteiger partial charge in [0.05, 0.1) is 11.0 Å². The molecule has 3 N–H and O–H groups in total. The van der Waals surface area contributed by atoms with Crippen LogP contribution < -0.4 is 11.1 Å². The van der Waals surface area contributed by atoms with Crippen molar-refractivity contribution in [1.82, 2.24) is 14.5 Å². The van der Waals surface area contributed by atoms with Gasteiger partial charge in [0, 0.05) is 15.8 Å². The lowest BCUT2D eigenvalue weighted by Crippen LogP contribution is -2.14. The van der Waals surface area contributed by atoms with Crippen LogP contribution in [0.25, 0.3) is 27.9 Å². The number of anilines is 2. The van der Waals surface area contributed by atoms with Crippen molar-refractivity contribution in [2.75, 3.05) is 11.1 Å². The fourth-order valence-electron chi connectivity index (χ4n) is 3.57. The average molecular weight is 472 g/mol. The van der Waals surface area contributed by atoms with Gasteiger partial charge in [0.15, 0.2) is 5.65 Å². The van der Waals surface area contributed by atoms with Gasteiger partial charge in [-0.3, -0.25) is 9.36 Å². The van der Waals surface area contributed by atoms with Crippen molar-refractivity contribution in [3.63, 3.8) is 0 Å². The molecule has 5 aromatic rings. The number of amides is 1. The molecule has 2 heterocycles. The van der Waals surface area contributed by atoms with Crippen LogP contribution in [0.2, 0.25) is 0 Å². The summed E-state index contributed by atoms with van der Waals surface area (Å²) in [4.78, 5) is 22.8. The molecular formula is C24H18BrN5O. The zero-order valence-electron chi connectivity index (χ0n) is 16.6. The summed E-state index contributed by atoms with van der Waals surface area (Å²) in [5.41, 5.74) is 11.9. The molecule has 0 aliphatic rings. The van der Waals surface area contributed by atoms with E-state index in [0.717, 1.165) is 21.2 Å². The van der Waals surface area contributed by atoms with E-state index < -0.39 is 0 Å². The van der Waals surface area contributed by atoms with E-state index in [-0.39, 0.29) is 11.7 Å². The van der Waals surface area contributed by atoms with Crippen molar-refractivity contribution < 1.29 is 4.79 Å². The Morgan fingerprint density at radius 3 is 2.26 bits per heavy atom. The summed E-state index contributed by atoms with van der Waals surface area (Å²) in [5.74, 6) is -0.0379. The Bertz CT molecular complexity index is 1440. The van der Waals surface area contributed by atoms with Crippen LogP contribution in [-0.2, 0) is 0 Å². The lowest BCUT2D eigenvalue weighted by molar-refractivity contribution is 0.102. The van der Waals surface area contributed by atoms with Crippen molar-refractivity contribution in [1.29, 1.82) is 0 Å². The lowest BCUT2D eigenvalue weighted by atomic mass is 10.2. The molecule has 6 nitrogen and oxygen atoms in total. The second kappa shape index (κ2) is 7.52. The fourth-order valence-corrected chi connectivity index (χ4v) is 3.83. The van der Waals surface area contributed by atoms with E-state index in [1.807, 2.05) is 79.7 Å². The van der Waals surface area contributed by atoms with E-state index in [0.29, 0.717) is 27.9 Å². The zero-order valence-corrected chi connectivity index (χ0v) is 18.2. The molecule has 0 fully saturated rings. The molecule has 31 heavy (non-hydrogen) atoms. The molecule has 0 bridgehead atoms. The minimum Gasteiger partial charge on any atom is -0.384 e. The molecule has 0 aliphatic heterocycles. The standard InChI is InChI=1S/C24H18BrN5O/c1-14-6-10-16(11-7-14)27-24(31)20-21-23(29-19-5-3-2-4-18(19)28-21)30(22(20)26)17-12-8-15(25)9-13-17/h2-13H,26H2,1H3,(H,27,31). The molecule has 1 amide bonds. The predicted molar refractivity (Wildman–Crippen MR) is 128 cm³/mol. The van der Waals surface area contributed by atoms with Crippen LogP contribution in [0.1, 0.15) is 15.9 Å². The molecule has 0 atom stereocenters. The second-order valence-corrected chi connectivity index (χ2v) is 8.19. The maximum atomic E-state index is 13.3. The molecule has 5 rings (SSSR count). The molecule has 0 saturated heterocycles. The van der Waals surface area contributed by atoms with Crippen LogP contribution in [0.3, 0.4) is 0 Å². The normalized spacial score (nSPS) is 11.2. The fraction of sp³-hybridized carbons (Fsp3) is 0.0417. The molecule has 0 spiro atoms. The van der Waals surface area contributed by atoms with Crippen molar-refractivity contribution in [3.8, 4) is 5.69 Å². The Morgan fingerprint density at radius 2 is 1.58 bits per heavy atom. The molecule has 152 valence electrons. The number of para-hydroxylation sites is 2. The Balaban J connectivity index is 1.74. The first-order chi connectivity index (χ1) is 15.0. The first-order valence-electron chi connectivity index (χ1n) is 9.72. The van der Waals surface area contributed by atoms with E-state index in [2.05, 4.69) is 21.2 Å². The Hall–Kier alpha value is -3.71. The van der Waals surface area contributed by atoms with Gasteiger partial charge in [0.2, 0.25) is 0 Å². The highest BCUT2D eigenvalue weighted by Crippen LogP contribution is 2.32. The first kappa shape index (κ1) is 19.3. The third kappa shape index (κ3) is 3.43. The largest absolute Gasteiger partial charge is 0.384 e. The van der Waals surface area contributed by atoms with Crippen molar-refractivity contribution in [3.05, 3.63) is 88.4 Å². The van der Waals surface area contributed by atoms with Gasteiger partial charge in [-0.2, -0.15) is 0 Å². The number of aromatic nitrogens is 3. The van der Waals surface area contributed by atoms with Crippen molar-refractivity contribution in [2.45, 2.75) is 6.92 Å². The Labute approximate surface area is 186 Å². The third-order valence-electron chi connectivity index (χ3n) is 5.12. The van der Waals surface area contributed by atoms with Crippen LogP contribution >= 0.6 is 15.9 Å². The van der Waals surface area contributed by atoms with Gasteiger partial charge in [-0.05, 0) is 55.5 Å². The summed E-state index contributed by atoms with van der Waals surface area (Å²) in [6.07, 6.45) is 0. The number of hydrogen-bond acceptors (Lipinski definition) is 4. The quantitative estimate of drug-likeness (QED) is 0.364. The highest BCUT2D eigenvalue weighted by molar-refractivity contribution is 9.10. The summed E-state index contributed by atoms with van der Waals surface area (Å²) in [6.45, 7) is 2.00. The highest BCUT2D eigenvalue weighted by atomic mass is 79.9. The first-order valence-corrected chi connectivity index (χ1v) is 10.5. The number of fused-ring (bicyclic) bond motifs is 2. The maximum absolute atomic E-state index is 13.3. The summed E-state index contributed by atoms with van der Waals surface area (Å²) >= 11 is 3.46. The van der Waals surface area contributed by atoms with Gasteiger partial charge < -0.3 is 11.1 Å². The number of nitrogens with two attached hydrogens (primary N) is 1. The average Bonchev–Trinajstić information content (AvgIpc) is 3.05. The molecule has 2 aromatic heterocycles. The number of nitrogen functional groups attached to an aromatic ring is 1. The van der Waals surface area contributed by atoms with Crippen molar-refractivity contribution in [2.24, 2.45) is 0 Å². The second-order valence-electron chi connectivity index (χ2n) is 7.28. The van der Waals surface area contributed by atoms with Gasteiger partial charge in [0.1, 0.15) is 16.9 Å². The highest BCUT2D eigenvalue weighted by Gasteiger charge is 2.25. The van der Waals surface area contributed by atoms with E-state index >= 15 is 0 Å². The summed E-state index contributed by atoms with van der Waals surface area (Å²) in [6, 6.07) is 22.8. The number of carbonyl (C=O) groups excluding carboxylic acids is 1. The van der Waals surface area contributed by atoms with Crippen LogP contribution in [-0.4, -0.2) is 20.4 Å². The van der Waals surface area contributed by atoms with Gasteiger partial charge in [-0.15, -0.1) is 0 Å². The van der Waals surface area contributed by atoms with E-state index in [1.165, 1.54) is 0 Å². The van der Waals surface area contributed by atoms with Gasteiger partial charge in [-0.1, -0.05) is 45.8 Å². The number of nitrogens with one attached hydrogen (secondary N) is 1. The van der Waals surface area contributed by atoms with Gasteiger partial charge in [0.25, 0.3) is 5.91 Å². The third-order valence-corrected chi connectivity index (χ3v) is 5.65. The summed E-state index contributed by atoms with van der Waals surface area (Å²) in [7, 11) is 0.